The van der Waals surface area contributed by atoms with E-state index in [0.29, 0.717) is 0 Å². The zero-order chi connectivity index (χ0) is 71.7. The number of benzene rings is 16. The van der Waals surface area contributed by atoms with Crippen LogP contribution in [0.15, 0.2) is 419 Å². The number of fused-ring (bicyclic) bond motifs is 7. The van der Waals surface area contributed by atoms with Crippen molar-refractivity contribution in [2.75, 3.05) is 9.80 Å². The molecule has 0 N–H and O–H groups in total. The normalized spacial score (nSPS) is 12.8. The molecule has 0 saturated heterocycles. The number of anilines is 6. The number of hydrogen-bond acceptors (Lipinski definition) is 2. The Kier molecular flexibility index (Phi) is 16.3. The Morgan fingerprint density at radius 3 is 0.944 bits per heavy atom. The molecule has 1 aromatic heterocycles. The van der Waals surface area contributed by atoms with E-state index in [9.17, 15) is 0 Å². The van der Waals surface area contributed by atoms with Gasteiger partial charge in [-0.1, -0.05) is 379 Å². The van der Waals surface area contributed by atoms with Gasteiger partial charge in [0.05, 0.1) is 16.7 Å². The Morgan fingerprint density at radius 2 is 0.551 bits per heavy atom. The van der Waals surface area contributed by atoms with Crippen LogP contribution in [0.2, 0.25) is 0 Å². The van der Waals surface area contributed by atoms with Crippen LogP contribution in [0.5, 0.6) is 0 Å². The van der Waals surface area contributed by atoms with E-state index in [1.165, 1.54) is 106 Å². The van der Waals surface area contributed by atoms with Gasteiger partial charge in [0, 0.05) is 44.9 Å². The van der Waals surface area contributed by atoms with E-state index >= 15 is 0 Å². The lowest BCUT2D eigenvalue weighted by Crippen LogP contribution is -2.75. The molecule has 0 unspecified atom stereocenters. The lowest BCUT2D eigenvalue weighted by molar-refractivity contribution is 0.591. The van der Waals surface area contributed by atoms with Crippen LogP contribution >= 0.6 is 0 Å². The third kappa shape index (κ3) is 10.5. The summed E-state index contributed by atoms with van der Waals surface area (Å²) in [6.45, 7) is 6.90. The summed E-state index contributed by atoms with van der Waals surface area (Å²) in [6, 6.07) is 161. The van der Waals surface area contributed by atoms with Gasteiger partial charge in [-0.05, 0) is 150 Å². The molecule has 3 nitrogen and oxygen atoms in total. The van der Waals surface area contributed by atoms with Crippen molar-refractivity contribution in [2.24, 2.45) is 0 Å². The number of hydrogen-bond donors (Lipinski definition) is 0. The Balaban J connectivity index is 0.952. The lowest BCUT2D eigenvalue weighted by Gasteiger charge is -2.46. The van der Waals surface area contributed by atoms with E-state index in [4.69, 9.17) is 0 Å². The van der Waals surface area contributed by atoms with Crippen LogP contribution < -0.4 is 88.4 Å². The lowest BCUT2D eigenvalue weighted by atomic mass is 9.33. The van der Waals surface area contributed by atoms with Crippen molar-refractivity contribution in [3.8, 4) is 5.69 Å². The predicted molar refractivity (Wildman–Crippen MR) is 464 cm³/mol. The molecule has 2 aliphatic rings. The molecule has 107 heavy (non-hydrogen) atoms. The van der Waals surface area contributed by atoms with Gasteiger partial charge in [-0.2, -0.15) is 0 Å². The predicted octanol–water partition coefficient (Wildman–Crippen LogP) is 14.3. The van der Waals surface area contributed by atoms with Gasteiger partial charge >= 0.3 is 0 Å². The third-order valence-corrected chi connectivity index (χ3v) is 37.5. The standard InChI is InChI=1S/C100H78BN3Si3/c1-100(2,3)73-60-67-95-92(68-73)101-91-66-65-88(107(83-49-25-10-26-50-83,84-51-27-11-28-52-84)85-53-29-12-30-54-85)72-96(91)103(75-36-35-55-87(69-75)106(80-43-19-7-20-44-80,81-45-21-8-22-46-81)82-47-23-9-24-48-82)98-71-76(104-93-58-33-31-56-89(93)90-57-32-34-59-94(90)104)70-97(99(98)101)102(95)74-61-63-86(64-62-74)105(77-37-13-4-14-38-77,78-39-15-5-16-40-78)79-41-17-6-18-42-79/h4-72H,1-3H3. The summed E-state index contributed by atoms with van der Waals surface area (Å²) >= 11 is 0. The molecule has 0 fully saturated rings. The van der Waals surface area contributed by atoms with E-state index in [-0.39, 0.29) is 12.1 Å². The van der Waals surface area contributed by atoms with Crippen molar-refractivity contribution in [3.05, 3.63) is 424 Å². The molecule has 0 aliphatic carbocycles. The van der Waals surface area contributed by atoms with Gasteiger partial charge in [0.25, 0.3) is 6.71 Å². The van der Waals surface area contributed by atoms with Crippen molar-refractivity contribution in [1.29, 1.82) is 0 Å². The van der Waals surface area contributed by atoms with Crippen molar-refractivity contribution in [1.82, 2.24) is 4.57 Å². The summed E-state index contributed by atoms with van der Waals surface area (Å²) in [5.41, 5.74) is 15.1. The zero-order valence-corrected chi connectivity index (χ0v) is 63.3. The van der Waals surface area contributed by atoms with Gasteiger partial charge in [0.15, 0.2) is 24.2 Å². The summed E-state index contributed by atoms with van der Waals surface area (Å²) in [6.07, 6.45) is 0. The number of nitrogens with zero attached hydrogens (tertiary/aromatic N) is 3. The van der Waals surface area contributed by atoms with Crippen molar-refractivity contribution in [3.63, 3.8) is 0 Å². The maximum atomic E-state index is 2.72. The van der Waals surface area contributed by atoms with Crippen LogP contribution in [-0.4, -0.2) is 35.5 Å². The Hall–Kier alpha value is -12.4. The molecule has 3 heterocycles. The smallest absolute Gasteiger partial charge is 0.252 e. The van der Waals surface area contributed by atoms with E-state index < -0.39 is 24.2 Å². The van der Waals surface area contributed by atoms with Crippen LogP contribution in [-0.2, 0) is 5.41 Å². The molecule has 0 saturated carbocycles. The summed E-state index contributed by atoms with van der Waals surface area (Å²) < 4.78 is 2.55. The Labute approximate surface area is 631 Å². The van der Waals surface area contributed by atoms with Crippen LogP contribution in [0.3, 0.4) is 0 Å². The molecular weight excluding hydrogens is 1340 g/mol. The minimum Gasteiger partial charge on any atom is -0.311 e. The maximum Gasteiger partial charge on any atom is 0.252 e. The molecule has 17 aromatic rings. The van der Waals surface area contributed by atoms with Gasteiger partial charge in [-0.15, -0.1) is 0 Å². The molecule has 508 valence electrons. The highest BCUT2D eigenvalue weighted by Gasteiger charge is 2.49. The van der Waals surface area contributed by atoms with E-state index in [1.807, 2.05) is 0 Å². The highest BCUT2D eigenvalue weighted by atomic mass is 28.3. The van der Waals surface area contributed by atoms with Crippen LogP contribution in [0, 0.1) is 0 Å². The topological polar surface area (TPSA) is 11.4 Å². The first-order chi connectivity index (χ1) is 52.7. The summed E-state index contributed by atoms with van der Waals surface area (Å²) in [5.74, 6) is 0. The average Bonchev–Trinajstić information content (AvgIpc) is 1.26. The number of rotatable bonds is 15. The van der Waals surface area contributed by atoms with Crippen LogP contribution in [0.25, 0.3) is 27.5 Å². The van der Waals surface area contributed by atoms with Crippen molar-refractivity contribution < 1.29 is 0 Å². The van der Waals surface area contributed by atoms with E-state index in [2.05, 4.69) is 454 Å². The molecule has 0 bridgehead atoms. The second-order valence-corrected chi connectivity index (χ2v) is 41.2. The molecule has 0 amide bonds. The minimum absolute atomic E-state index is 0.169. The molecular formula is C100H78BN3Si3. The maximum absolute atomic E-state index is 3.17. The molecule has 19 rings (SSSR count). The average molecular weight is 1420 g/mol. The van der Waals surface area contributed by atoms with Gasteiger partial charge in [-0.3, -0.25) is 0 Å². The minimum atomic E-state index is -3.17. The SMILES string of the molecule is CC(C)(C)c1ccc2c(c1)B1c3ccc([Si](c4ccccc4)(c4ccccc4)c4ccccc4)cc3N(c3cccc([Si](c4ccccc4)(c4ccccc4)c4ccccc4)c3)c3cc(-n4c5ccccc5c5ccccc54)cc(c31)N2c1ccc([Si](c2ccccc2)(c2ccccc2)c2ccccc2)cc1. The second-order valence-electron chi connectivity index (χ2n) is 29.8. The number of para-hydroxylation sites is 2. The quantitative estimate of drug-likeness (QED) is 0.0749. The van der Waals surface area contributed by atoms with Crippen LogP contribution in [0.4, 0.5) is 34.1 Å². The third-order valence-electron chi connectivity index (χ3n) is 23.1. The number of aromatic nitrogens is 1. The summed E-state index contributed by atoms with van der Waals surface area (Å²) in [4.78, 5) is 5.36. The molecule has 2 aliphatic heterocycles. The van der Waals surface area contributed by atoms with Gasteiger partial charge in [-0.25, -0.2) is 0 Å². The largest absolute Gasteiger partial charge is 0.311 e. The fourth-order valence-corrected chi connectivity index (χ4v) is 32.8. The van der Waals surface area contributed by atoms with E-state index in [0.717, 1.165) is 39.5 Å². The molecule has 0 radical (unpaired) electrons. The van der Waals surface area contributed by atoms with Gasteiger partial charge < -0.3 is 14.4 Å². The summed E-state index contributed by atoms with van der Waals surface area (Å²) in [7, 11) is -9.23. The fourth-order valence-electron chi connectivity index (χ4n) is 18.5. The Morgan fingerprint density at radius 1 is 0.224 bits per heavy atom. The molecule has 7 heteroatoms. The zero-order valence-electron chi connectivity index (χ0n) is 60.3. The Bertz CT molecular complexity index is 5760. The second kappa shape index (κ2) is 26.7. The van der Waals surface area contributed by atoms with Crippen molar-refractivity contribution in [2.45, 2.75) is 26.2 Å². The first-order valence-corrected chi connectivity index (χ1v) is 43.5. The fraction of sp³-hybridized carbons (Fsp3) is 0.0400. The van der Waals surface area contributed by atoms with Gasteiger partial charge in [0.2, 0.25) is 0 Å². The van der Waals surface area contributed by atoms with Crippen molar-refractivity contribution >= 4 is 165 Å². The molecule has 0 spiro atoms. The summed E-state index contributed by atoms with van der Waals surface area (Å²) in [5, 5.41) is 18.4. The molecule has 16 aromatic carbocycles. The van der Waals surface area contributed by atoms with Gasteiger partial charge in [0.1, 0.15) is 0 Å². The first kappa shape index (κ1) is 65.4. The monoisotopic (exact) mass is 1420 g/mol. The van der Waals surface area contributed by atoms with Crippen LogP contribution in [0.1, 0.15) is 26.3 Å². The molecule has 0 atom stereocenters. The highest BCUT2D eigenvalue weighted by Crippen LogP contribution is 2.47. The highest BCUT2D eigenvalue weighted by molar-refractivity contribution is 7.21. The van der Waals surface area contributed by atoms with E-state index in [1.54, 1.807) is 0 Å². The first-order valence-electron chi connectivity index (χ1n) is 37.5.